The van der Waals surface area contributed by atoms with E-state index in [1.807, 2.05) is 13.0 Å². The van der Waals surface area contributed by atoms with E-state index in [1.165, 1.54) is 18.1 Å². The van der Waals surface area contributed by atoms with Crippen LogP contribution in [0, 0.1) is 6.92 Å². The van der Waals surface area contributed by atoms with E-state index >= 15 is 0 Å². The largest absolute Gasteiger partial charge is 0.409 e. The molecule has 0 aliphatic heterocycles. The maximum absolute atomic E-state index is 12.2. The van der Waals surface area contributed by atoms with E-state index < -0.39 is 12.7 Å². The number of rotatable bonds is 4. The molecule has 0 aliphatic carbocycles. The summed E-state index contributed by atoms with van der Waals surface area (Å²) in [6.07, 6.45) is -2.90. The fourth-order valence-electron chi connectivity index (χ4n) is 1.76. The summed E-state index contributed by atoms with van der Waals surface area (Å²) < 4.78 is 36.7. The molecule has 0 fully saturated rings. The molecule has 0 amide bonds. The lowest BCUT2D eigenvalue weighted by Crippen LogP contribution is -2.19. The van der Waals surface area contributed by atoms with Crippen molar-refractivity contribution in [1.29, 1.82) is 0 Å². The summed E-state index contributed by atoms with van der Waals surface area (Å²) in [5.74, 6) is 0.520. The lowest BCUT2D eigenvalue weighted by atomic mass is 10.4. The van der Waals surface area contributed by atoms with E-state index in [4.69, 9.17) is 0 Å². The van der Waals surface area contributed by atoms with Crippen molar-refractivity contribution in [1.82, 2.24) is 30.2 Å². The van der Waals surface area contributed by atoms with Crippen molar-refractivity contribution >= 4 is 33.3 Å². The molecule has 0 N–H and O–H groups in total. The summed E-state index contributed by atoms with van der Waals surface area (Å²) in [7, 11) is 0. The molecule has 3 aromatic rings. The molecule has 0 saturated heterocycles. The van der Waals surface area contributed by atoms with Gasteiger partial charge in [0.25, 0.3) is 0 Å². The van der Waals surface area contributed by atoms with E-state index in [0.29, 0.717) is 10.5 Å². The Labute approximate surface area is 130 Å². The molecule has 0 spiro atoms. The number of nitrogens with zero attached hydrogens (tertiary/aromatic N) is 6. The Bertz CT molecular complexity index is 797. The summed E-state index contributed by atoms with van der Waals surface area (Å²) in [6.45, 7) is 0.733. The molecule has 0 aliphatic rings. The second-order valence-electron chi connectivity index (χ2n) is 4.39. The summed E-state index contributed by atoms with van der Waals surface area (Å²) >= 11 is 2.90. The molecule has 0 aromatic carbocycles. The van der Waals surface area contributed by atoms with Gasteiger partial charge in [-0.1, -0.05) is 11.8 Å². The van der Waals surface area contributed by atoms with Crippen molar-refractivity contribution in [2.24, 2.45) is 0 Å². The third kappa shape index (κ3) is 3.53. The second kappa shape index (κ2) is 5.80. The second-order valence-corrected chi connectivity index (χ2v) is 6.59. The van der Waals surface area contributed by atoms with Crippen molar-refractivity contribution in [3.8, 4) is 0 Å². The predicted molar refractivity (Wildman–Crippen MR) is 75.6 cm³/mol. The smallest absolute Gasteiger partial charge is 0.229 e. The Morgan fingerprint density at radius 2 is 2.14 bits per heavy atom. The average Bonchev–Trinajstić information content (AvgIpc) is 2.99. The highest BCUT2D eigenvalue weighted by atomic mass is 32.2. The van der Waals surface area contributed by atoms with Crippen LogP contribution in [0.25, 0.3) is 10.2 Å². The maximum Gasteiger partial charge on any atom is 0.409 e. The van der Waals surface area contributed by atoms with E-state index in [0.717, 1.165) is 20.1 Å². The summed E-state index contributed by atoms with van der Waals surface area (Å²) in [4.78, 5) is 10.9. The Kier molecular flexibility index (Phi) is 4.00. The number of thiophene rings is 1. The van der Waals surface area contributed by atoms with Crippen LogP contribution in [0.15, 0.2) is 17.4 Å². The molecule has 0 unspecified atom stereocenters. The van der Waals surface area contributed by atoms with Crippen LogP contribution in [-0.4, -0.2) is 36.4 Å². The van der Waals surface area contributed by atoms with Gasteiger partial charge in [0.15, 0.2) is 12.4 Å². The first-order valence-electron chi connectivity index (χ1n) is 6.08. The van der Waals surface area contributed by atoms with Crippen molar-refractivity contribution in [2.75, 3.05) is 0 Å². The molecule has 3 heterocycles. The van der Waals surface area contributed by atoms with Crippen molar-refractivity contribution in [3.63, 3.8) is 0 Å². The maximum atomic E-state index is 12.2. The minimum atomic E-state index is -4.36. The SMILES string of the molecule is Cc1cc2c(SCc3nnn(CC(F)(F)F)n3)ncnc2s1. The minimum absolute atomic E-state index is 0.230. The highest BCUT2D eigenvalue weighted by Crippen LogP contribution is 2.31. The molecule has 22 heavy (non-hydrogen) atoms. The van der Waals surface area contributed by atoms with Crippen LogP contribution >= 0.6 is 23.1 Å². The molecule has 0 saturated carbocycles. The zero-order chi connectivity index (χ0) is 15.7. The number of aryl methyl sites for hydroxylation is 1. The van der Waals surface area contributed by atoms with Gasteiger partial charge in [-0.05, 0) is 18.2 Å². The Morgan fingerprint density at radius 1 is 1.32 bits per heavy atom. The summed E-state index contributed by atoms with van der Waals surface area (Å²) in [6, 6.07) is 1.98. The zero-order valence-corrected chi connectivity index (χ0v) is 12.8. The fourth-order valence-corrected chi connectivity index (χ4v) is 3.49. The third-order valence-electron chi connectivity index (χ3n) is 2.57. The third-order valence-corrected chi connectivity index (χ3v) is 4.53. The van der Waals surface area contributed by atoms with E-state index in [9.17, 15) is 13.2 Å². The van der Waals surface area contributed by atoms with Crippen LogP contribution in [0.2, 0.25) is 0 Å². The number of thioether (sulfide) groups is 1. The van der Waals surface area contributed by atoms with Gasteiger partial charge in [0.1, 0.15) is 16.2 Å². The Morgan fingerprint density at radius 3 is 2.91 bits per heavy atom. The monoisotopic (exact) mass is 346 g/mol. The average molecular weight is 346 g/mol. The molecule has 116 valence electrons. The van der Waals surface area contributed by atoms with Gasteiger partial charge in [0.05, 0.1) is 5.75 Å². The topological polar surface area (TPSA) is 69.4 Å². The highest BCUT2D eigenvalue weighted by molar-refractivity contribution is 7.98. The van der Waals surface area contributed by atoms with Gasteiger partial charge in [-0.25, -0.2) is 9.97 Å². The number of tetrazole rings is 1. The Balaban J connectivity index is 1.72. The van der Waals surface area contributed by atoms with Crippen molar-refractivity contribution in [3.05, 3.63) is 23.1 Å². The molecule has 0 atom stereocenters. The van der Waals surface area contributed by atoms with Gasteiger partial charge in [0, 0.05) is 10.3 Å². The molecule has 11 heteroatoms. The van der Waals surface area contributed by atoms with Gasteiger partial charge in [0.2, 0.25) is 0 Å². The number of halogens is 3. The van der Waals surface area contributed by atoms with E-state index in [-0.39, 0.29) is 5.82 Å². The predicted octanol–water partition coefficient (Wildman–Crippen LogP) is 2.84. The van der Waals surface area contributed by atoms with E-state index in [1.54, 1.807) is 11.3 Å². The van der Waals surface area contributed by atoms with E-state index in [2.05, 4.69) is 25.4 Å². The van der Waals surface area contributed by atoms with Crippen LogP contribution in [0.4, 0.5) is 13.2 Å². The lowest BCUT2D eigenvalue weighted by molar-refractivity contribution is -0.145. The lowest BCUT2D eigenvalue weighted by Gasteiger charge is -2.02. The first kappa shape index (κ1) is 15.2. The number of alkyl halides is 3. The molecule has 3 aromatic heterocycles. The first-order chi connectivity index (χ1) is 10.4. The first-order valence-corrected chi connectivity index (χ1v) is 7.88. The van der Waals surface area contributed by atoms with Gasteiger partial charge in [-0.3, -0.25) is 0 Å². The number of aromatic nitrogens is 6. The zero-order valence-electron chi connectivity index (χ0n) is 11.2. The van der Waals surface area contributed by atoms with Crippen LogP contribution in [0.3, 0.4) is 0 Å². The molecular weight excluding hydrogens is 337 g/mol. The molecule has 6 nitrogen and oxygen atoms in total. The van der Waals surface area contributed by atoms with Crippen LogP contribution in [0.1, 0.15) is 10.7 Å². The number of hydrogen-bond acceptors (Lipinski definition) is 7. The molecular formula is C11H9F3N6S2. The van der Waals surface area contributed by atoms with Gasteiger partial charge in [-0.2, -0.15) is 18.0 Å². The van der Waals surface area contributed by atoms with Gasteiger partial charge >= 0.3 is 6.18 Å². The van der Waals surface area contributed by atoms with Crippen LogP contribution in [-0.2, 0) is 12.3 Å². The Hall–Kier alpha value is -1.75. The molecule has 0 bridgehead atoms. The number of hydrogen-bond donors (Lipinski definition) is 0. The normalized spacial score (nSPS) is 12.2. The summed E-state index contributed by atoms with van der Waals surface area (Å²) in [5, 5.41) is 12.4. The van der Waals surface area contributed by atoms with Crippen molar-refractivity contribution < 1.29 is 13.2 Å². The number of fused-ring (bicyclic) bond motifs is 1. The van der Waals surface area contributed by atoms with Gasteiger partial charge < -0.3 is 0 Å². The standard InChI is InChI=1S/C11H9F3N6S2/c1-6-2-7-9(15-5-16-10(7)22-6)21-3-8-17-19-20(18-8)4-11(12,13)14/h2,5H,3-4H2,1H3. The van der Waals surface area contributed by atoms with Crippen LogP contribution in [0.5, 0.6) is 0 Å². The van der Waals surface area contributed by atoms with Gasteiger partial charge in [-0.15, -0.1) is 21.5 Å². The minimum Gasteiger partial charge on any atom is -0.229 e. The quantitative estimate of drug-likeness (QED) is 0.534. The highest BCUT2D eigenvalue weighted by Gasteiger charge is 2.29. The van der Waals surface area contributed by atoms with Crippen LogP contribution < -0.4 is 0 Å². The molecule has 0 radical (unpaired) electrons. The summed E-state index contributed by atoms with van der Waals surface area (Å²) in [5.41, 5.74) is 0. The molecule has 3 rings (SSSR count). The fraction of sp³-hybridized carbons (Fsp3) is 0.364. The van der Waals surface area contributed by atoms with Crippen molar-refractivity contribution in [2.45, 2.75) is 30.4 Å².